The molecule has 0 bridgehead atoms. The van der Waals surface area contributed by atoms with Gasteiger partial charge in [0, 0.05) is 25.2 Å². The van der Waals surface area contributed by atoms with Gasteiger partial charge in [-0.2, -0.15) is 0 Å². The lowest BCUT2D eigenvalue weighted by Gasteiger charge is -2.51. The van der Waals surface area contributed by atoms with Crippen molar-refractivity contribution in [1.29, 1.82) is 0 Å². The summed E-state index contributed by atoms with van der Waals surface area (Å²) in [5.41, 5.74) is 1.31. The third kappa shape index (κ3) is 3.06. The van der Waals surface area contributed by atoms with Crippen LogP contribution in [0.3, 0.4) is 0 Å². The lowest BCUT2D eigenvalue weighted by atomic mass is 9.70. The first-order chi connectivity index (χ1) is 13.2. The average molecular weight is 370 g/mol. The molecule has 146 valence electrons. The zero-order valence-electron chi connectivity index (χ0n) is 16.3. The molecule has 2 fully saturated rings. The van der Waals surface area contributed by atoms with Crippen molar-refractivity contribution >= 4 is 11.8 Å². The number of carbonyl (C=O) groups excluding carboxylic acids is 2. The predicted molar refractivity (Wildman–Crippen MR) is 104 cm³/mol. The Kier molecular flexibility index (Phi) is 5.22. The normalized spacial score (nSPS) is 24.3. The van der Waals surface area contributed by atoms with Gasteiger partial charge in [0.2, 0.25) is 5.91 Å². The SMILES string of the molecule is CCCCN1C(=O)c2ccccc2[C@H](C(=O)N2CCOCC2)C12CCCC2. The molecule has 27 heavy (non-hydrogen) atoms. The summed E-state index contributed by atoms with van der Waals surface area (Å²) in [6.45, 7) is 5.40. The zero-order valence-corrected chi connectivity index (χ0v) is 16.3. The number of hydrogen-bond acceptors (Lipinski definition) is 3. The van der Waals surface area contributed by atoms with E-state index in [2.05, 4.69) is 11.8 Å². The van der Waals surface area contributed by atoms with E-state index >= 15 is 0 Å². The summed E-state index contributed by atoms with van der Waals surface area (Å²) in [6.07, 6.45) is 6.06. The Morgan fingerprint density at radius 3 is 2.59 bits per heavy atom. The molecule has 0 N–H and O–H groups in total. The fourth-order valence-corrected chi connectivity index (χ4v) is 5.25. The number of morpholine rings is 1. The van der Waals surface area contributed by atoms with Crippen LogP contribution in [0, 0.1) is 0 Å². The van der Waals surface area contributed by atoms with Crippen LogP contribution in [-0.2, 0) is 9.53 Å². The van der Waals surface area contributed by atoms with Crippen LogP contribution in [0.25, 0.3) is 0 Å². The molecule has 1 saturated heterocycles. The van der Waals surface area contributed by atoms with Crippen LogP contribution in [-0.4, -0.2) is 60.0 Å². The minimum absolute atomic E-state index is 0.118. The van der Waals surface area contributed by atoms with Crippen molar-refractivity contribution in [2.45, 2.75) is 56.9 Å². The number of fused-ring (bicyclic) bond motifs is 1. The number of carbonyl (C=O) groups is 2. The first-order valence-corrected chi connectivity index (χ1v) is 10.5. The van der Waals surface area contributed by atoms with Crippen molar-refractivity contribution in [1.82, 2.24) is 9.80 Å². The second-order valence-corrected chi connectivity index (χ2v) is 8.08. The predicted octanol–water partition coefficient (Wildman–Crippen LogP) is 3.20. The Labute approximate surface area is 161 Å². The zero-order chi connectivity index (χ0) is 18.9. The third-order valence-corrected chi connectivity index (χ3v) is 6.60. The van der Waals surface area contributed by atoms with E-state index in [-0.39, 0.29) is 23.3 Å². The summed E-state index contributed by atoms with van der Waals surface area (Å²) in [5.74, 6) is 0.0532. The summed E-state index contributed by atoms with van der Waals surface area (Å²) in [4.78, 5) is 31.2. The van der Waals surface area contributed by atoms with Crippen molar-refractivity contribution in [3.8, 4) is 0 Å². The highest BCUT2D eigenvalue weighted by molar-refractivity contribution is 6.02. The Morgan fingerprint density at radius 1 is 1.19 bits per heavy atom. The van der Waals surface area contributed by atoms with Gasteiger partial charge in [0.25, 0.3) is 5.91 Å². The van der Waals surface area contributed by atoms with Gasteiger partial charge in [-0.05, 0) is 30.9 Å². The first kappa shape index (κ1) is 18.5. The van der Waals surface area contributed by atoms with Gasteiger partial charge in [-0.15, -0.1) is 0 Å². The van der Waals surface area contributed by atoms with Gasteiger partial charge in [-0.1, -0.05) is 44.4 Å². The van der Waals surface area contributed by atoms with Crippen LogP contribution in [0.15, 0.2) is 24.3 Å². The van der Waals surface area contributed by atoms with Crippen molar-refractivity contribution < 1.29 is 14.3 Å². The summed E-state index contributed by atoms with van der Waals surface area (Å²) in [5, 5.41) is 0. The largest absolute Gasteiger partial charge is 0.378 e. The highest BCUT2D eigenvalue weighted by Gasteiger charge is 2.56. The average Bonchev–Trinajstić information content (AvgIpc) is 3.18. The van der Waals surface area contributed by atoms with Gasteiger partial charge in [0.15, 0.2) is 0 Å². The first-order valence-electron chi connectivity index (χ1n) is 10.5. The molecule has 2 aliphatic heterocycles. The molecule has 0 aromatic heterocycles. The van der Waals surface area contributed by atoms with Gasteiger partial charge in [0.05, 0.1) is 24.7 Å². The van der Waals surface area contributed by atoms with Crippen molar-refractivity contribution in [3.63, 3.8) is 0 Å². The summed E-state index contributed by atoms with van der Waals surface area (Å²) >= 11 is 0. The molecule has 1 aliphatic carbocycles. The maximum atomic E-state index is 13.7. The van der Waals surface area contributed by atoms with Gasteiger partial charge in [0.1, 0.15) is 0 Å². The standard InChI is InChI=1S/C22H30N2O3/c1-2-3-12-24-20(25)18-9-5-4-8-17(18)19(22(24)10-6-7-11-22)21(26)23-13-15-27-16-14-23/h4-5,8-9,19H,2-3,6-7,10-16H2,1H3/t19-/m1/s1. The van der Waals surface area contributed by atoms with Crippen LogP contribution in [0.4, 0.5) is 0 Å². The van der Waals surface area contributed by atoms with Gasteiger partial charge >= 0.3 is 0 Å². The number of ether oxygens (including phenoxy) is 1. The van der Waals surface area contributed by atoms with E-state index in [0.29, 0.717) is 26.3 Å². The number of hydrogen-bond donors (Lipinski definition) is 0. The number of unbranched alkanes of at least 4 members (excludes halogenated alkanes) is 1. The minimum atomic E-state index is -0.351. The second-order valence-electron chi connectivity index (χ2n) is 8.08. The third-order valence-electron chi connectivity index (χ3n) is 6.60. The molecule has 1 aromatic carbocycles. The van der Waals surface area contributed by atoms with E-state index in [9.17, 15) is 9.59 Å². The molecular formula is C22H30N2O3. The molecule has 2 amide bonds. The smallest absolute Gasteiger partial charge is 0.254 e. The molecule has 0 unspecified atom stereocenters. The highest BCUT2D eigenvalue weighted by atomic mass is 16.5. The van der Waals surface area contributed by atoms with E-state index in [1.807, 2.05) is 29.2 Å². The summed E-state index contributed by atoms with van der Waals surface area (Å²) in [6, 6.07) is 7.79. The van der Waals surface area contributed by atoms with Crippen molar-refractivity contribution in [2.75, 3.05) is 32.8 Å². The van der Waals surface area contributed by atoms with Crippen molar-refractivity contribution in [3.05, 3.63) is 35.4 Å². The molecule has 3 aliphatic rings. The fourth-order valence-electron chi connectivity index (χ4n) is 5.25. The monoisotopic (exact) mass is 370 g/mol. The summed E-state index contributed by atoms with van der Waals surface area (Å²) in [7, 11) is 0. The number of nitrogens with zero attached hydrogens (tertiary/aromatic N) is 2. The van der Waals surface area contributed by atoms with Crippen molar-refractivity contribution in [2.24, 2.45) is 0 Å². The van der Waals surface area contributed by atoms with E-state index < -0.39 is 0 Å². The second kappa shape index (κ2) is 7.63. The topological polar surface area (TPSA) is 49.9 Å². The Balaban J connectivity index is 1.80. The molecule has 1 spiro atoms. The maximum absolute atomic E-state index is 13.7. The van der Waals surface area contributed by atoms with E-state index in [1.54, 1.807) is 0 Å². The fraction of sp³-hybridized carbons (Fsp3) is 0.636. The molecule has 4 rings (SSSR count). The lowest BCUT2D eigenvalue weighted by molar-refractivity contribution is -0.141. The van der Waals surface area contributed by atoms with Crippen LogP contribution in [0.5, 0.6) is 0 Å². The van der Waals surface area contributed by atoms with E-state index in [0.717, 1.165) is 56.2 Å². The molecule has 0 radical (unpaired) electrons. The molecule has 5 nitrogen and oxygen atoms in total. The molecular weight excluding hydrogens is 340 g/mol. The summed E-state index contributed by atoms with van der Waals surface area (Å²) < 4.78 is 5.46. The molecule has 2 heterocycles. The number of amides is 2. The van der Waals surface area contributed by atoms with Crippen LogP contribution >= 0.6 is 0 Å². The Hall–Kier alpha value is -1.88. The van der Waals surface area contributed by atoms with Crippen LogP contribution in [0.1, 0.15) is 67.3 Å². The molecule has 5 heteroatoms. The van der Waals surface area contributed by atoms with E-state index in [4.69, 9.17) is 4.74 Å². The lowest BCUT2D eigenvalue weighted by Crippen LogP contribution is -2.61. The van der Waals surface area contributed by atoms with Gasteiger partial charge < -0.3 is 14.5 Å². The molecule has 1 saturated carbocycles. The van der Waals surface area contributed by atoms with Crippen LogP contribution in [0.2, 0.25) is 0 Å². The maximum Gasteiger partial charge on any atom is 0.254 e. The molecule has 1 atom stereocenters. The quantitative estimate of drug-likeness (QED) is 0.818. The van der Waals surface area contributed by atoms with E-state index in [1.165, 1.54) is 0 Å². The number of rotatable bonds is 4. The Bertz CT molecular complexity index is 705. The number of benzene rings is 1. The molecule has 1 aromatic rings. The minimum Gasteiger partial charge on any atom is -0.378 e. The highest BCUT2D eigenvalue weighted by Crippen LogP contribution is 2.51. The van der Waals surface area contributed by atoms with Crippen LogP contribution < -0.4 is 0 Å². The van der Waals surface area contributed by atoms with Gasteiger partial charge in [-0.3, -0.25) is 9.59 Å². The Morgan fingerprint density at radius 2 is 1.89 bits per heavy atom. The van der Waals surface area contributed by atoms with Gasteiger partial charge in [-0.25, -0.2) is 0 Å².